The highest BCUT2D eigenvalue weighted by Gasteiger charge is 2.42. The first-order valence-electron chi connectivity index (χ1n) is 7.71. The monoisotopic (exact) mass is 268 g/mol. The van der Waals surface area contributed by atoms with Crippen LogP contribution in [0.3, 0.4) is 0 Å². The second-order valence-corrected chi connectivity index (χ2v) is 5.87. The second-order valence-electron chi connectivity index (χ2n) is 5.87. The lowest BCUT2D eigenvalue weighted by molar-refractivity contribution is 0.348. The van der Waals surface area contributed by atoms with Gasteiger partial charge in [0.05, 0.1) is 0 Å². The zero-order valence-corrected chi connectivity index (χ0v) is 12.0. The Bertz CT molecular complexity index is 497. The zero-order chi connectivity index (χ0) is 13.8. The lowest BCUT2D eigenvalue weighted by Crippen LogP contribution is -2.45. The Kier molecular flexibility index (Phi) is 4.04. The Morgan fingerprint density at radius 2 is 2.05 bits per heavy atom. The third-order valence-electron chi connectivity index (χ3n) is 4.88. The third kappa shape index (κ3) is 2.23. The fourth-order valence-electron chi connectivity index (χ4n) is 3.80. The molecule has 1 fully saturated rings. The summed E-state index contributed by atoms with van der Waals surface area (Å²) < 4.78 is 0. The van der Waals surface area contributed by atoms with Crippen molar-refractivity contribution in [2.24, 2.45) is 11.7 Å². The summed E-state index contributed by atoms with van der Waals surface area (Å²) >= 11 is 0. The van der Waals surface area contributed by atoms with Gasteiger partial charge in [-0.3, -0.25) is 0 Å². The van der Waals surface area contributed by atoms with Gasteiger partial charge >= 0.3 is 0 Å². The molecule has 3 N–H and O–H groups in total. The molecule has 1 aromatic carbocycles. The minimum atomic E-state index is -0.0261. The highest BCUT2D eigenvalue weighted by molar-refractivity contribution is 5.45. The number of hydrogen-bond donors (Lipinski definition) is 2. The molecule has 0 aromatic heterocycles. The highest BCUT2D eigenvalue weighted by Crippen LogP contribution is 2.43. The fraction of sp³-hybridized carbons (Fsp3) is 0.444. The molecule has 2 atom stereocenters. The molecule has 2 nitrogen and oxygen atoms in total. The van der Waals surface area contributed by atoms with Crippen molar-refractivity contribution in [3.8, 4) is 0 Å². The second kappa shape index (κ2) is 5.94. The van der Waals surface area contributed by atoms with E-state index < -0.39 is 0 Å². The molecule has 2 heteroatoms. The molecule has 0 radical (unpaired) electrons. The summed E-state index contributed by atoms with van der Waals surface area (Å²) in [6, 6.07) is 10.8. The largest absolute Gasteiger partial charge is 0.329 e. The lowest BCUT2D eigenvalue weighted by atomic mass is 9.64. The summed E-state index contributed by atoms with van der Waals surface area (Å²) in [6.07, 6.45) is 10.5. The summed E-state index contributed by atoms with van der Waals surface area (Å²) in [5.41, 5.74) is 9.11. The van der Waals surface area contributed by atoms with E-state index in [1.807, 2.05) is 0 Å². The van der Waals surface area contributed by atoms with Crippen LogP contribution in [0.2, 0.25) is 0 Å². The fourth-order valence-corrected chi connectivity index (χ4v) is 3.80. The van der Waals surface area contributed by atoms with Crippen LogP contribution in [-0.2, 0) is 5.41 Å². The van der Waals surface area contributed by atoms with Crippen molar-refractivity contribution in [1.82, 2.24) is 5.32 Å². The van der Waals surface area contributed by atoms with Crippen LogP contribution in [0.5, 0.6) is 0 Å². The van der Waals surface area contributed by atoms with Crippen LogP contribution >= 0.6 is 0 Å². The molecular weight excluding hydrogens is 244 g/mol. The van der Waals surface area contributed by atoms with Crippen LogP contribution < -0.4 is 11.1 Å². The van der Waals surface area contributed by atoms with E-state index in [4.69, 9.17) is 5.73 Å². The minimum absolute atomic E-state index is 0.0261. The van der Waals surface area contributed by atoms with E-state index in [0.717, 1.165) is 25.9 Å². The summed E-state index contributed by atoms with van der Waals surface area (Å²) in [7, 11) is 0. The number of nitrogens with two attached hydrogens (primary N) is 1. The van der Waals surface area contributed by atoms with Crippen molar-refractivity contribution in [3.63, 3.8) is 0 Å². The Morgan fingerprint density at radius 1 is 1.20 bits per heavy atom. The topological polar surface area (TPSA) is 38.0 Å². The molecule has 3 rings (SSSR count). The van der Waals surface area contributed by atoms with Crippen LogP contribution in [0.1, 0.15) is 24.8 Å². The van der Waals surface area contributed by atoms with Gasteiger partial charge in [-0.1, -0.05) is 48.6 Å². The van der Waals surface area contributed by atoms with E-state index in [2.05, 4.69) is 53.9 Å². The van der Waals surface area contributed by atoms with Crippen molar-refractivity contribution < 1.29 is 0 Å². The number of benzene rings is 1. The maximum atomic E-state index is 6.35. The first-order chi connectivity index (χ1) is 9.88. The molecule has 1 aliphatic heterocycles. The first kappa shape index (κ1) is 13.6. The quantitative estimate of drug-likeness (QED) is 0.881. The molecule has 1 aromatic rings. The molecular formula is C18H24N2. The molecule has 0 saturated carbocycles. The van der Waals surface area contributed by atoms with E-state index in [1.54, 1.807) is 0 Å². The van der Waals surface area contributed by atoms with Crippen LogP contribution in [0.15, 0.2) is 54.1 Å². The molecule has 1 unspecified atom stereocenters. The molecule has 1 aliphatic carbocycles. The summed E-state index contributed by atoms with van der Waals surface area (Å²) in [4.78, 5) is 0. The van der Waals surface area contributed by atoms with Gasteiger partial charge in [-0.2, -0.15) is 0 Å². The predicted molar refractivity (Wildman–Crippen MR) is 84.6 cm³/mol. The van der Waals surface area contributed by atoms with Gasteiger partial charge in [-0.25, -0.2) is 0 Å². The number of nitrogens with one attached hydrogen (secondary N) is 1. The molecule has 20 heavy (non-hydrogen) atoms. The van der Waals surface area contributed by atoms with Crippen molar-refractivity contribution >= 4 is 0 Å². The zero-order valence-electron chi connectivity index (χ0n) is 12.0. The van der Waals surface area contributed by atoms with Crippen LogP contribution in [0, 0.1) is 5.92 Å². The van der Waals surface area contributed by atoms with Crippen LogP contribution in [0.4, 0.5) is 0 Å². The third-order valence-corrected chi connectivity index (χ3v) is 4.88. The Balaban J connectivity index is 2.09. The minimum Gasteiger partial charge on any atom is -0.329 e. The predicted octanol–water partition coefficient (Wildman–Crippen LogP) is 2.77. The maximum absolute atomic E-state index is 6.35. The summed E-state index contributed by atoms with van der Waals surface area (Å²) in [6.45, 7) is 2.85. The Morgan fingerprint density at radius 3 is 2.65 bits per heavy atom. The van der Waals surface area contributed by atoms with Gasteiger partial charge in [-0.15, -0.1) is 0 Å². The average Bonchev–Trinajstić information content (AvgIpc) is 3.06. The van der Waals surface area contributed by atoms with E-state index >= 15 is 0 Å². The Hall–Kier alpha value is -1.38. The lowest BCUT2D eigenvalue weighted by Gasteiger charge is -2.41. The van der Waals surface area contributed by atoms with Crippen molar-refractivity contribution in [2.45, 2.75) is 24.7 Å². The highest BCUT2D eigenvalue weighted by atomic mass is 14.9. The van der Waals surface area contributed by atoms with Gasteiger partial charge in [0.25, 0.3) is 0 Å². The molecule has 2 aliphatic rings. The van der Waals surface area contributed by atoms with Gasteiger partial charge in [0, 0.05) is 12.0 Å². The van der Waals surface area contributed by atoms with Crippen LogP contribution in [0.25, 0.3) is 0 Å². The first-order valence-corrected chi connectivity index (χ1v) is 7.71. The molecule has 1 saturated heterocycles. The maximum Gasteiger partial charge on any atom is 0.0362 e. The van der Waals surface area contributed by atoms with E-state index in [0.29, 0.717) is 12.5 Å². The van der Waals surface area contributed by atoms with Gasteiger partial charge in [0.15, 0.2) is 0 Å². The summed E-state index contributed by atoms with van der Waals surface area (Å²) in [5.74, 6) is 0.587. The standard InChI is InChI=1S/C18H24N2/c19-14-18(17-11-12-20-13-17,15-7-3-1-4-8-15)16-9-5-2-6-10-16/h1,3-5,7-10,17,20H,2,6,11-14,19H2/t17-,18?/m1/s1. The number of allylic oxidation sites excluding steroid dienone is 3. The van der Waals surface area contributed by atoms with Crippen LogP contribution in [-0.4, -0.2) is 19.6 Å². The molecule has 0 amide bonds. The Labute approximate surface area is 121 Å². The normalized spacial score (nSPS) is 25.2. The van der Waals surface area contributed by atoms with Gasteiger partial charge < -0.3 is 11.1 Å². The molecule has 1 heterocycles. The number of rotatable bonds is 4. The van der Waals surface area contributed by atoms with Crippen molar-refractivity contribution in [3.05, 3.63) is 59.7 Å². The smallest absolute Gasteiger partial charge is 0.0362 e. The molecule has 0 spiro atoms. The van der Waals surface area contributed by atoms with E-state index in [9.17, 15) is 0 Å². The SMILES string of the molecule is NCC(C1=CCCC=C1)(c1ccccc1)[C@@H]1CCNC1. The van der Waals surface area contributed by atoms with Gasteiger partial charge in [0.1, 0.15) is 0 Å². The van der Waals surface area contributed by atoms with E-state index in [-0.39, 0.29) is 5.41 Å². The van der Waals surface area contributed by atoms with Crippen molar-refractivity contribution in [1.29, 1.82) is 0 Å². The van der Waals surface area contributed by atoms with Gasteiger partial charge in [0.2, 0.25) is 0 Å². The molecule has 106 valence electrons. The van der Waals surface area contributed by atoms with E-state index in [1.165, 1.54) is 17.6 Å². The van der Waals surface area contributed by atoms with Crippen molar-refractivity contribution in [2.75, 3.05) is 19.6 Å². The summed E-state index contributed by atoms with van der Waals surface area (Å²) in [5, 5.41) is 3.51. The number of hydrogen-bond acceptors (Lipinski definition) is 2. The average molecular weight is 268 g/mol. The molecule has 0 bridgehead atoms. The van der Waals surface area contributed by atoms with Gasteiger partial charge in [-0.05, 0) is 49.4 Å².